The normalized spacial score (nSPS) is 18.3. The summed E-state index contributed by atoms with van der Waals surface area (Å²) >= 11 is 5.59. The number of benzene rings is 1. The van der Waals surface area contributed by atoms with Crippen LogP contribution in [0, 0.1) is 11.6 Å². The lowest BCUT2D eigenvalue weighted by Gasteiger charge is -2.15. The highest BCUT2D eigenvalue weighted by Gasteiger charge is 2.47. The Labute approximate surface area is 85.9 Å². The van der Waals surface area contributed by atoms with Gasteiger partial charge < -0.3 is 5.73 Å². The zero-order chi connectivity index (χ0) is 10.3. The van der Waals surface area contributed by atoms with Gasteiger partial charge in [0.05, 0.1) is 5.02 Å². The summed E-state index contributed by atoms with van der Waals surface area (Å²) < 4.78 is 27.0. The number of hydrogen-bond acceptors (Lipinski definition) is 1. The Morgan fingerprint density at radius 2 is 2.00 bits per heavy atom. The molecule has 1 fully saturated rings. The average molecular weight is 218 g/mol. The highest BCUT2D eigenvalue weighted by molar-refractivity contribution is 6.30. The predicted octanol–water partition coefficient (Wildman–Crippen LogP) is 2.61. The smallest absolute Gasteiger partial charge is 0.148 e. The van der Waals surface area contributed by atoms with Gasteiger partial charge in [-0.1, -0.05) is 11.6 Å². The van der Waals surface area contributed by atoms with E-state index >= 15 is 0 Å². The fourth-order valence-electron chi connectivity index (χ4n) is 1.72. The maximum Gasteiger partial charge on any atom is 0.148 e. The molecule has 0 amide bonds. The van der Waals surface area contributed by atoms with Crippen LogP contribution in [0.3, 0.4) is 0 Å². The molecule has 0 aromatic heterocycles. The molecule has 4 heteroatoms. The van der Waals surface area contributed by atoms with Gasteiger partial charge in [0.25, 0.3) is 0 Å². The summed E-state index contributed by atoms with van der Waals surface area (Å²) in [7, 11) is 0. The second-order valence-electron chi connectivity index (χ2n) is 3.70. The number of nitrogens with two attached hydrogens (primary N) is 1. The van der Waals surface area contributed by atoms with Crippen molar-refractivity contribution in [3.63, 3.8) is 0 Å². The molecule has 1 aromatic carbocycles. The molecule has 0 heterocycles. The van der Waals surface area contributed by atoms with Gasteiger partial charge in [0, 0.05) is 17.5 Å². The molecule has 1 nitrogen and oxygen atoms in total. The van der Waals surface area contributed by atoms with Crippen LogP contribution in [0.2, 0.25) is 5.02 Å². The van der Waals surface area contributed by atoms with Gasteiger partial charge in [0.1, 0.15) is 11.6 Å². The summed E-state index contributed by atoms with van der Waals surface area (Å²) in [6, 6.07) is 2.42. The van der Waals surface area contributed by atoms with E-state index in [0.29, 0.717) is 0 Å². The Kier molecular flexibility index (Phi) is 2.24. The molecule has 76 valence electrons. The van der Waals surface area contributed by atoms with E-state index in [9.17, 15) is 8.78 Å². The molecule has 0 atom stereocenters. The molecule has 0 bridgehead atoms. The zero-order valence-electron chi connectivity index (χ0n) is 7.49. The van der Waals surface area contributed by atoms with Crippen molar-refractivity contribution in [2.75, 3.05) is 6.54 Å². The van der Waals surface area contributed by atoms with Crippen LogP contribution in [0.25, 0.3) is 0 Å². The molecule has 1 saturated carbocycles. The third-order valence-electron chi connectivity index (χ3n) is 2.82. The minimum atomic E-state index is -0.658. The van der Waals surface area contributed by atoms with Crippen molar-refractivity contribution >= 4 is 11.6 Å². The van der Waals surface area contributed by atoms with Gasteiger partial charge in [0.2, 0.25) is 0 Å². The first-order chi connectivity index (χ1) is 6.60. The van der Waals surface area contributed by atoms with Gasteiger partial charge in [-0.25, -0.2) is 8.78 Å². The monoisotopic (exact) mass is 217 g/mol. The zero-order valence-corrected chi connectivity index (χ0v) is 8.24. The average Bonchev–Trinajstić information content (AvgIpc) is 2.93. The second kappa shape index (κ2) is 3.17. The molecule has 0 spiro atoms. The Bertz CT molecular complexity index is 375. The molecule has 0 saturated heterocycles. The summed E-state index contributed by atoms with van der Waals surface area (Å²) in [4.78, 5) is 0. The van der Waals surface area contributed by atoms with E-state index < -0.39 is 17.0 Å². The lowest BCUT2D eigenvalue weighted by molar-refractivity contribution is 0.517. The largest absolute Gasteiger partial charge is 0.330 e. The van der Waals surface area contributed by atoms with E-state index in [1.54, 1.807) is 0 Å². The van der Waals surface area contributed by atoms with Crippen LogP contribution in [0.15, 0.2) is 12.1 Å². The fourth-order valence-corrected chi connectivity index (χ4v) is 1.88. The second-order valence-corrected chi connectivity index (χ2v) is 4.11. The lowest BCUT2D eigenvalue weighted by atomic mass is 9.95. The van der Waals surface area contributed by atoms with Gasteiger partial charge in [0.15, 0.2) is 0 Å². The van der Waals surface area contributed by atoms with Crippen molar-refractivity contribution in [2.45, 2.75) is 18.3 Å². The maximum atomic E-state index is 13.6. The Morgan fingerprint density at radius 3 is 2.50 bits per heavy atom. The number of halogens is 3. The minimum absolute atomic E-state index is 0.0406. The van der Waals surface area contributed by atoms with E-state index in [4.69, 9.17) is 17.3 Å². The van der Waals surface area contributed by atoms with Crippen LogP contribution >= 0.6 is 11.6 Å². The minimum Gasteiger partial charge on any atom is -0.330 e. The summed E-state index contributed by atoms with van der Waals surface area (Å²) in [5.74, 6) is -1.20. The predicted molar refractivity (Wildman–Crippen MR) is 51.3 cm³/mol. The van der Waals surface area contributed by atoms with Crippen molar-refractivity contribution in [3.8, 4) is 0 Å². The SMILES string of the molecule is NCC1(c2c(F)ccc(Cl)c2F)CC1. The van der Waals surface area contributed by atoms with E-state index in [1.807, 2.05) is 0 Å². The topological polar surface area (TPSA) is 26.0 Å². The lowest BCUT2D eigenvalue weighted by Crippen LogP contribution is -2.22. The van der Waals surface area contributed by atoms with Gasteiger partial charge in [-0.15, -0.1) is 0 Å². The van der Waals surface area contributed by atoms with Crippen LogP contribution in [0.5, 0.6) is 0 Å². The molecule has 14 heavy (non-hydrogen) atoms. The summed E-state index contributed by atoms with van der Waals surface area (Å²) in [5.41, 5.74) is 5.07. The summed E-state index contributed by atoms with van der Waals surface area (Å²) in [6.07, 6.45) is 1.47. The van der Waals surface area contributed by atoms with Crippen LogP contribution in [-0.4, -0.2) is 6.54 Å². The maximum absolute atomic E-state index is 13.6. The van der Waals surface area contributed by atoms with Gasteiger partial charge in [-0.05, 0) is 25.0 Å². The molecular formula is C10H10ClF2N. The Morgan fingerprint density at radius 1 is 1.36 bits per heavy atom. The van der Waals surface area contributed by atoms with Crippen LogP contribution in [-0.2, 0) is 5.41 Å². The molecule has 0 unspecified atom stereocenters. The van der Waals surface area contributed by atoms with Crippen molar-refractivity contribution in [3.05, 3.63) is 34.4 Å². The Hall–Kier alpha value is -0.670. The molecular weight excluding hydrogens is 208 g/mol. The molecule has 2 rings (SSSR count). The fraction of sp³-hybridized carbons (Fsp3) is 0.400. The molecule has 0 aliphatic heterocycles. The van der Waals surface area contributed by atoms with Crippen molar-refractivity contribution < 1.29 is 8.78 Å². The quantitative estimate of drug-likeness (QED) is 0.758. The standard InChI is InChI=1S/C10H10ClF2N/c11-6-1-2-7(12)8(9(6)13)10(5-14)3-4-10/h1-2H,3-5,14H2. The Balaban J connectivity index is 2.57. The first-order valence-corrected chi connectivity index (χ1v) is 4.82. The number of rotatable bonds is 2. The van der Waals surface area contributed by atoms with Gasteiger partial charge in [-0.2, -0.15) is 0 Å². The highest BCUT2D eigenvalue weighted by atomic mass is 35.5. The van der Waals surface area contributed by atoms with Crippen molar-refractivity contribution in [2.24, 2.45) is 5.73 Å². The van der Waals surface area contributed by atoms with Crippen molar-refractivity contribution in [1.29, 1.82) is 0 Å². The first-order valence-electron chi connectivity index (χ1n) is 4.45. The van der Waals surface area contributed by atoms with Crippen molar-refractivity contribution in [1.82, 2.24) is 0 Å². The number of hydrogen-bond donors (Lipinski definition) is 1. The molecule has 2 N–H and O–H groups in total. The van der Waals surface area contributed by atoms with Gasteiger partial charge >= 0.3 is 0 Å². The summed E-state index contributed by atoms with van der Waals surface area (Å²) in [5, 5.41) is -0.0406. The third kappa shape index (κ3) is 1.31. The van der Waals surface area contributed by atoms with Crippen LogP contribution < -0.4 is 5.73 Å². The molecule has 1 aliphatic carbocycles. The summed E-state index contributed by atoms with van der Waals surface area (Å²) in [6.45, 7) is 0.265. The molecule has 1 aliphatic rings. The van der Waals surface area contributed by atoms with E-state index in [-0.39, 0.29) is 17.1 Å². The van der Waals surface area contributed by atoms with E-state index in [1.165, 1.54) is 12.1 Å². The van der Waals surface area contributed by atoms with Crippen LogP contribution in [0.4, 0.5) is 8.78 Å². The van der Waals surface area contributed by atoms with Crippen LogP contribution in [0.1, 0.15) is 18.4 Å². The highest BCUT2D eigenvalue weighted by Crippen LogP contribution is 2.49. The first kappa shape index (κ1) is 9.87. The molecule has 0 radical (unpaired) electrons. The molecule has 1 aromatic rings. The third-order valence-corrected chi connectivity index (χ3v) is 3.11. The van der Waals surface area contributed by atoms with E-state index in [0.717, 1.165) is 12.8 Å². The van der Waals surface area contributed by atoms with E-state index in [2.05, 4.69) is 0 Å². The van der Waals surface area contributed by atoms with Gasteiger partial charge in [-0.3, -0.25) is 0 Å².